The molecular formula is C16H25NO2. The number of benzene rings is 1. The van der Waals surface area contributed by atoms with E-state index in [0.29, 0.717) is 11.2 Å². The third-order valence-electron chi connectivity index (χ3n) is 4.18. The first-order valence-electron chi connectivity index (χ1n) is 7.20. The fourth-order valence-electron chi connectivity index (χ4n) is 2.94. The van der Waals surface area contributed by atoms with Crippen molar-refractivity contribution in [3.8, 4) is 11.5 Å². The van der Waals surface area contributed by atoms with Gasteiger partial charge in [0, 0.05) is 13.1 Å². The van der Waals surface area contributed by atoms with Crippen LogP contribution in [0.1, 0.15) is 44.6 Å². The second kappa shape index (κ2) is 6.29. The lowest BCUT2D eigenvalue weighted by Gasteiger charge is -2.33. The normalized spacial score (nSPS) is 18.2. The molecule has 106 valence electrons. The topological polar surface area (TPSA) is 41.5 Å². The van der Waals surface area contributed by atoms with Gasteiger partial charge in [-0.25, -0.2) is 0 Å². The highest BCUT2D eigenvalue weighted by Crippen LogP contribution is 2.35. The molecule has 0 atom stereocenters. The molecule has 0 radical (unpaired) electrons. The van der Waals surface area contributed by atoms with Gasteiger partial charge < -0.3 is 15.2 Å². The van der Waals surface area contributed by atoms with Crippen LogP contribution in [0.4, 0.5) is 0 Å². The minimum Gasteiger partial charge on any atom is -0.504 e. The Kier molecular flexibility index (Phi) is 4.70. The van der Waals surface area contributed by atoms with E-state index < -0.39 is 0 Å². The van der Waals surface area contributed by atoms with Gasteiger partial charge in [-0.1, -0.05) is 32.3 Å². The van der Waals surface area contributed by atoms with E-state index in [1.807, 2.05) is 12.1 Å². The molecular weight excluding hydrogens is 238 g/mol. The van der Waals surface area contributed by atoms with Crippen LogP contribution in [-0.4, -0.2) is 18.8 Å². The van der Waals surface area contributed by atoms with Crippen molar-refractivity contribution in [2.24, 2.45) is 5.41 Å². The smallest absolute Gasteiger partial charge is 0.160 e. The van der Waals surface area contributed by atoms with E-state index in [-0.39, 0.29) is 5.75 Å². The van der Waals surface area contributed by atoms with Gasteiger partial charge >= 0.3 is 0 Å². The predicted molar refractivity (Wildman–Crippen MR) is 77.6 cm³/mol. The zero-order chi connectivity index (χ0) is 13.7. The van der Waals surface area contributed by atoms with Crippen molar-refractivity contribution in [2.75, 3.05) is 13.7 Å². The molecule has 0 unspecified atom stereocenters. The van der Waals surface area contributed by atoms with Gasteiger partial charge in [0.1, 0.15) is 0 Å². The lowest BCUT2D eigenvalue weighted by atomic mass is 9.76. The minimum absolute atomic E-state index is 0.214. The molecule has 0 aromatic heterocycles. The van der Waals surface area contributed by atoms with Crippen LogP contribution in [-0.2, 0) is 6.54 Å². The molecule has 0 amide bonds. The maximum absolute atomic E-state index is 9.74. The first kappa shape index (κ1) is 14.2. The Balaban J connectivity index is 1.83. The Bertz CT molecular complexity index is 411. The lowest BCUT2D eigenvalue weighted by molar-refractivity contribution is 0.207. The molecule has 0 bridgehead atoms. The van der Waals surface area contributed by atoms with Gasteiger partial charge in [0.15, 0.2) is 11.5 Å². The lowest BCUT2D eigenvalue weighted by Crippen LogP contribution is -2.33. The van der Waals surface area contributed by atoms with E-state index in [9.17, 15) is 5.11 Å². The highest BCUT2D eigenvalue weighted by molar-refractivity contribution is 5.41. The van der Waals surface area contributed by atoms with Crippen molar-refractivity contribution in [1.29, 1.82) is 0 Å². The Morgan fingerprint density at radius 2 is 2.00 bits per heavy atom. The predicted octanol–water partition coefficient (Wildman–Crippen LogP) is 3.46. The molecule has 0 spiro atoms. The third kappa shape index (κ3) is 3.87. The molecule has 0 heterocycles. The monoisotopic (exact) mass is 263 g/mol. The largest absolute Gasteiger partial charge is 0.504 e. The Morgan fingerprint density at radius 1 is 1.26 bits per heavy atom. The van der Waals surface area contributed by atoms with Crippen LogP contribution < -0.4 is 10.1 Å². The molecule has 1 aromatic carbocycles. The number of phenolic OH excluding ortho intramolecular Hbond substituents is 1. The summed E-state index contributed by atoms with van der Waals surface area (Å²) < 4.78 is 5.05. The molecule has 3 heteroatoms. The van der Waals surface area contributed by atoms with Crippen LogP contribution in [0.25, 0.3) is 0 Å². The molecule has 1 aliphatic rings. The first-order valence-corrected chi connectivity index (χ1v) is 7.20. The summed E-state index contributed by atoms with van der Waals surface area (Å²) in [5.41, 5.74) is 1.55. The second-order valence-electron chi connectivity index (χ2n) is 5.98. The first-order chi connectivity index (χ1) is 9.13. The fraction of sp³-hybridized carbons (Fsp3) is 0.625. The van der Waals surface area contributed by atoms with Gasteiger partial charge in [-0.05, 0) is 36.0 Å². The molecule has 1 saturated carbocycles. The maximum Gasteiger partial charge on any atom is 0.160 e. The summed E-state index contributed by atoms with van der Waals surface area (Å²) in [6, 6.07) is 5.58. The molecule has 1 fully saturated rings. The summed E-state index contributed by atoms with van der Waals surface area (Å²) >= 11 is 0. The quantitative estimate of drug-likeness (QED) is 0.855. The molecule has 3 nitrogen and oxygen atoms in total. The second-order valence-corrected chi connectivity index (χ2v) is 5.98. The number of rotatable bonds is 5. The van der Waals surface area contributed by atoms with Gasteiger partial charge in [-0.15, -0.1) is 0 Å². The van der Waals surface area contributed by atoms with Crippen LogP contribution >= 0.6 is 0 Å². The van der Waals surface area contributed by atoms with Crippen LogP contribution in [0.15, 0.2) is 18.2 Å². The van der Waals surface area contributed by atoms with Crippen molar-refractivity contribution in [3.05, 3.63) is 23.8 Å². The molecule has 2 rings (SSSR count). The van der Waals surface area contributed by atoms with Gasteiger partial charge in [-0.3, -0.25) is 0 Å². The van der Waals surface area contributed by atoms with E-state index in [1.165, 1.54) is 32.1 Å². The van der Waals surface area contributed by atoms with Crippen LogP contribution in [0.2, 0.25) is 0 Å². The summed E-state index contributed by atoms with van der Waals surface area (Å²) in [6.45, 7) is 4.23. The van der Waals surface area contributed by atoms with Crippen molar-refractivity contribution in [2.45, 2.75) is 45.6 Å². The maximum atomic E-state index is 9.74. The molecule has 19 heavy (non-hydrogen) atoms. The van der Waals surface area contributed by atoms with Crippen molar-refractivity contribution in [1.82, 2.24) is 5.32 Å². The van der Waals surface area contributed by atoms with Crippen molar-refractivity contribution in [3.63, 3.8) is 0 Å². The summed E-state index contributed by atoms with van der Waals surface area (Å²) in [6.07, 6.45) is 6.77. The van der Waals surface area contributed by atoms with E-state index in [1.54, 1.807) is 13.2 Å². The van der Waals surface area contributed by atoms with Crippen LogP contribution in [0.3, 0.4) is 0 Å². The molecule has 0 saturated heterocycles. The number of hydrogen-bond donors (Lipinski definition) is 2. The Labute approximate surface area is 116 Å². The van der Waals surface area contributed by atoms with E-state index in [0.717, 1.165) is 18.7 Å². The molecule has 0 aliphatic heterocycles. The Morgan fingerprint density at radius 3 is 2.63 bits per heavy atom. The SMILES string of the molecule is COc1ccc(CNCC2(C)CCCCC2)cc1O. The minimum atomic E-state index is 0.214. The highest BCUT2D eigenvalue weighted by atomic mass is 16.5. The zero-order valence-electron chi connectivity index (χ0n) is 12.0. The average molecular weight is 263 g/mol. The summed E-state index contributed by atoms with van der Waals surface area (Å²) in [7, 11) is 1.57. The number of ether oxygens (including phenoxy) is 1. The number of methoxy groups -OCH3 is 1. The van der Waals surface area contributed by atoms with Crippen molar-refractivity contribution < 1.29 is 9.84 Å². The Hall–Kier alpha value is -1.22. The number of hydrogen-bond acceptors (Lipinski definition) is 3. The molecule has 1 aromatic rings. The fourth-order valence-corrected chi connectivity index (χ4v) is 2.94. The highest BCUT2D eigenvalue weighted by Gasteiger charge is 2.25. The number of nitrogens with one attached hydrogen (secondary N) is 1. The summed E-state index contributed by atoms with van der Waals surface area (Å²) in [4.78, 5) is 0. The number of phenols is 1. The van der Waals surface area contributed by atoms with Gasteiger partial charge in [0.2, 0.25) is 0 Å². The van der Waals surface area contributed by atoms with Gasteiger partial charge in [0.05, 0.1) is 7.11 Å². The summed E-state index contributed by atoms with van der Waals surface area (Å²) in [5.74, 6) is 0.744. The van der Waals surface area contributed by atoms with E-state index >= 15 is 0 Å². The molecule has 2 N–H and O–H groups in total. The van der Waals surface area contributed by atoms with Gasteiger partial charge in [0.25, 0.3) is 0 Å². The van der Waals surface area contributed by atoms with Gasteiger partial charge in [-0.2, -0.15) is 0 Å². The average Bonchev–Trinajstić information content (AvgIpc) is 2.39. The van der Waals surface area contributed by atoms with Crippen LogP contribution in [0, 0.1) is 5.41 Å². The van der Waals surface area contributed by atoms with Crippen molar-refractivity contribution >= 4 is 0 Å². The van der Waals surface area contributed by atoms with E-state index in [2.05, 4.69) is 12.2 Å². The van der Waals surface area contributed by atoms with Crippen LogP contribution in [0.5, 0.6) is 11.5 Å². The third-order valence-corrected chi connectivity index (χ3v) is 4.18. The number of aromatic hydroxyl groups is 1. The zero-order valence-corrected chi connectivity index (χ0v) is 12.0. The van der Waals surface area contributed by atoms with E-state index in [4.69, 9.17) is 4.74 Å². The standard InChI is InChI=1S/C16H25NO2/c1-16(8-4-3-5-9-16)12-17-11-13-6-7-15(19-2)14(18)10-13/h6-7,10,17-18H,3-5,8-9,11-12H2,1-2H3. The summed E-state index contributed by atoms with van der Waals surface area (Å²) in [5, 5.41) is 13.3. The molecule has 1 aliphatic carbocycles.